The molecule has 0 aliphatic heterocycles. The fourth-order valence-corrected chi connectivity index (χ4v) is 10.5. The molecule has 0 atom stereocenters. The summed E-state index contributed by atoms with van der Waals surface area (Å²) in [5, 5.41) is 2.53. The summed E-state index contributed by atoms with van der Waals surface area (Å²) < 4.78 is 65.5. The first-order valence-corrected chi connectivity index (χ1v) is 38.9. The zero-order valence-electron chi connectivity index (χ0n) is 58.0. The number of aryl methyl sites for hydroxylation is 4. The maximum atomic E-state index is 12.9. The Morgan fingerprint density at radius 2 is 0.480 bits per heavy atom. The molecule has 8 aromatic rings. The molecular weight excluding hydrogens is 1850 g/mol. The molecule has 16 nitrogen and oxygen atoms in total. The smallest absolute Gasteiger partial charge is 0.173 e. The summed E-state index contributed by atoms with van der Waals surface area (Å²) in [6.07, 6.45) is 0. The highest BCUT2D eigenvalue weighted by molar-refractivity contribution is 9.10. The van der Waals surface area contributed by atoms with Gasteiger partial charge in [0.25, 0.3) is 0 Å². The van der Waals surface area contributed by atoms with Crippen molar-refractivity contribution in [3.05, 3.63) is 236 Å². The van der Waals surface area contributed by atoms with E-state index in [1.165, 1.54) is 50.6 Å². The normalized spacial score (nSPS) is 9.71. The number of halogens is 10. The van der Waals surface area contributed by atoms with E-state index in [0.717, 1.165) is 56.4 Å². The van der Waals surface area contributed by atoms with Crippen LogP contribution in [0.25, 0.3) is 0 Å². The van der Waals surface area contributed by atoms with Crippen LogP contribution >= 0.6 is 127 Å². The molecule has 0 saturated carbocycles. The summed E-state index contributed by atoms with van der Waals surface area (Å²) >= 11 is 24.8. The third-order valence-electron chi connectivity index (χ3n) is 13.7. The molecule has 8 aromatic carbocycles. The van der Waals surface area contributed by atoms with Gasteiger partial charge in [-0.25, -0.2) is 8.78 Å². The lowest BCUT2D eigenvalue weighted by molar-refractivity contribution is 0.101. The zero-order valence-corrected chi connectivity index (χ0v) is 70.7. The van der Waals surface area contributed by atoms with Crippen LogP contribution in [0, 0.1) is 39.3 Å². The van der Waals surface area contributed by atoms with E-state index in [1.54, 1.807) is 115 Å². The van der Waals surface area contributed by atoms with Gasteiger partial charge in [0.1, 0.15) is 34.5 Å². The average Bonchev–Trinajstić information content (AvgIpc) is 0.901. The molecule has 0 heterocycles. The molecule has 0 amide bonds. The Morgan fingerprint density at radius 3 is 0.725 bits per heavy atom. The van der Waals surface area contributed by atoms with Crippen molar-refractivity contribution in [2.24, 2.45) is 0 Å². The lowest BCUT2D eigenvalue weighted by Gasteiger charge is -2.05. The molecule has 0 bridgehead atoms. The van der Waals surface area contributed by atoms with Crippen molar-refractivity contribution in [2.75, 3.05) is 99.5 Å². The standard InChI is InChI=1S/4C10H11BrO2.2C9H8BrFO2.2C9H9BrO2/c2*1-7-3-4-8(9(12)6-11)5-10(7)13-2;2*1-7-3-4-8(13-2)5-9(7)10(12)6-11;2*1-13-9-4-6(8(12)5-10)2-3-7(9)11;2*1-12-8-4-2-3-7(5-8)9(11)6-10/h4*3-5H,6H2,1-2H3;2*2-4H,5H2,1H3;2*2-5H,6H2,1H3. The fourth-order valence-electron chi connectivity index (χ4n) is 7.91. The number of ether oxygens (including phenoxy) is 8. The SMILES string of the molecule is COc1cc(C(=O)CBr)ccc1C.COc1cc(C(=O)CBr)ccc1C.COc1cc(C(=O)CBr)ccc1F.COc1cc(C(=O)CBr)ccc1F.COc1ccc(C)c(C(=O)CBr)c1.COc1ccc(C)c(C(=O)CBr)c1.COc1cccc(C(=O)CBr)c1.COc1cccc(C(=O)CBr)c1. The van der Waals surface area contributed by atoms with Crippen molar-refractivity contribution in [1.29, 1.82) is 0 Å². The third kappa shape index (κ3) is 32.9. The predicted molar refractivity (Wildman–Crippen MR) is 428 cm³/mol. The molecule has 0 N–H and O–H groups in total. The van der Waals surface area contributed by atoms with Gasteiger partial charge in [0.15, 0.2) is 69.4 Å². The summed E-state index contributed by atoms with van der Waals surface area (Å²) in [7, 11) is 12.3. The van der Waals surface area contributed by atoms with Gasteiger partial charge in [0, 0.05) is 44.5 Å². The lowest BCUT2D eigenvalue weighted by atomic mass is 10.1. The van der Waals surface area contributed by atoms with Crippen molar-refractivity contribution >= 4 is 174 Å². The van der Waals surface area contributed by atoms with E-state index < -0.39 is 11.6 Å². The molecule has 0 fully saturated rings. The molecule has 548 valence electrons. The number of carbonyl (C=O) groups excluding carboxylic acids is 8. The molecule has 0 aliphatic rings. The van der Waals surface area contributed by atoms with Gasteiger partial charge >= 0.3 is 0 Å². The Bertz CT molecular complexity index is 3650. The summed E-state index contributed by atoms with van der Waals surface area (Å²) in [4.78, 5) is 90.1. The van der Waals surface area contributed by atoms with E-state index in [-0.39, 0.29) is 68.4 Å². The van der Waals surface area contributed by atoms with Crippen molar-refractivity contribution in [1.82, 2.24) is 0 Å². The maximum Gasteiger partial charge on any atom is 0.173 e. The molecular formula is C76H78Br8F2O16. The highest BCUT2D eigenvalue weighted by Crippen LogP contribution is 2.25. The van der Waals surface area contributed by atoms with E-state index in [1.807, 2.05) is 76.2 Å². The van der Waals surface area contributed by atoms with Gasteiger partial charge in [-0.3, -0.25) is 38.4 Å². The number of benzene rings is 8. The number of hydrogen-bond acceptors (Lipinski definition) is 16. The van der Waals surface area contributed by atoms with Crippen LogP contribution in [0.15, 0.2) is 158 Å². The van der Waals surface area contributed by atoms with Gasteiger partial charge in [-0.05, 0) is 147 Å². The van der Waals surface area contributed by atoms with Crippen LogP contribution in [0.2, 0.25) is 0 Å². The summed E-state index contributed by atoms with van der Waals surface area (Å²) in [5.41, 5.74) is 9.05. The quantitative estimate of drug-likeness (QED) is 0.0407. The number of hydrogen-bond donors (Lipinski definition) is 0. The number of alkyl halides is 8. The van der Waals surface area contributed by atoms with E-state index in [0.29, 0.717) is 76.9 Å². The topological polar surface area (TPSA) is 210 Å². The van der Waals surface area contributed by atoms with E-state index >= 15 is 0 Å². The van der Waals surface area contributed by atoms with Crippen LogP contribution in [0.4, 0.5) is 8.78 Å². The van der Waals surface area contributed by atoms with Crippen molar-refractivity contribution < 1.29 is 85.0 Å². The van der Waals surface area contributed by atoms with Crippen LogP contribution < -0.4 is 37.9 Å². The molecule has 102 heavy (non-hydrogen) atoms. The second kappa shape index (κ2) is 52.2. The van der Waals surface area contributed by atoms with Crippen molar-refractivity contribution in [3.8, 4) is 46.0 Å². The molecule has 0 radical (unpaired) electrons. The largest absolute Gasteiger partial charge is 0.497 e. The van der Waals surface area contributed by atoms with Crippen LogP contribution in [0.1, 0.15) is 105 Å². The lowest BCUT2D eigenvalue weighted by Crippen LogP contribution is -2.02. The molecule has 0 aliphatic carbocycles. The monoisotopic (exact) mass is 1920 g/mol. The summed E-state index contributed by atoms with van der Waals surface area (Å²) in [6.45, 7) is 7.72. The van der Waals surface area contributed by atoms with Gasteiger partial charge in [-0.1, -0.05) is 188 Å². The Labute approximate surface area is 662 Å². The van der Waals surface area contributed by atoms with Crippen molar-refractivity contribution in [2.45, 2.75) is 27.7 Å². The third-order valence-corrected chi connectivity index (χ3v) is 17.7. The first kappa shape index (κ1) is 93.2. The Hall–Kier alpha value is -6.78. The van der Waals surface area contributed by atoms with E-state index in [4.69, 9.17) is 37.9 Å². The number of rotatable bonds is 24. The number of Topliss-reactive ketones (excluding diaryl/α,β-unsaturated/α-hetero) is 8. The number of ketones is 8. The zero-order chi connectivity index (χ0) is 77.0. The van der Waals surface area contributed by atoms with E-state index in [9.17, 15) is 47.1 Å². The number of carbonyl (C=O) groups is 8. The molecule has 26 heteroatoms. The minimum absolute atomic E-state index is 0.0638. The fraction of sp³-hybridized carbons (Fsp3) is 0.263. The number of methoxy groups -OCH3 is 8. The minimum Gasteiger partial charge on any atom is -0.497 e. The molecule has 0 unspecified atom stereocenters. The molecule has 8 rings (SSSR count). The van der Waals surface area contributed by atoms with Gasteiger partial charge in [-0.2, -0.15) is 0 Å². The van der Waals surface area contributed by atoms with Gasteiger partial charge in [0.2, 0.25) is 0 Å². The Balaban J connectivity index is 0.000000583. The Kier molecular flexibility index (Phi) is 47.7. The van der Waals surface area contributed by atoms with Crippen LogP contribution in [-0.2, 0) is 0 Å². The highest BCUT2D eigenvalue weighted by atomic mass is 79.9. The maximum absolute atomic E-state index is 12.9. The average molecular weight is 1920 g/mol. The molecule has 0 saturated heterocycles. The van der Waals surface area contributed by atoms with Crippen LogP contribution in [-0.4, -0.2) is 146 Å². The van der Waals surface area contributed by atoms with Crippen LogP contribution in [0.5, 0.6) is 46.0 Å². The minimum atomic E-state index is -0.464. The predicted octanol–water partition coefficient (Wildman–Crippen LogP) is 19.7. The Morgan fingerprint density at radius 1 is 0.255 bits per heavy atom. The summed E-state index contributed by atoms with van der Waals surface area (Å²) in [5.74, 6) is 3.84. The van der Waals surface area contributed by atoms with E-state index in [2.05, 4.69) is 127 Å². The second-order valence-corrected chi connectivity index (χ2v) is 24.8. The molecule has 0 aromatic heterocycles. The van der Waals surface area contributed by atoms with Crippen molar-refractivity contribution in [3.63, 3.8) is 0 Å². The second-order valence-electron chi connectivity index (χ2n) is 20.3. The van der Waals surface area contributed by atoms with Gasteiger partial charge in [0.05, 0.1) is 99.5 Å². The molecule has 0 spiro atoms. The van der Waals surface area contributed by atoms with Gasteiger partial charge < -0.3 is 37.9 Å². The summed E-state index contributed by atoms with van der Waals surface area (Å²) in [6, 6.07) is 44.2. The van der Waals surface area contributed by atoms with Crippen LogP contribution in [0.3, 0.4) is 0 Å². The van der Waals surface area contributed by atoms with Gasteiger partial charge in [-0.15, -0.1) is 0 Å². The first-order chi connectivity index (χ1) is 48.7. The highest BCUT2D eigenvalue weighted by Gasteiger charge is 2.14. The first-order valence-electron chi connectivity index (χ1n) is 29.9.